The van der Waals surface area contributed by atoms with Crippen molar-refractivity contribution in [1.29, 1.82) is 0 Å². The Hall–Kier alpha value is -2.72. The van der Waals surface area contributed by atoms with E-state index in [4.69, 9.17) is 23.2 Å². The lowest BCUT2D eigenvalue weighted by Gasteiger charge is -2.19. The van der Waals surface area contributed by atoms with Crippen LogP contribution in [0.3, 0.4) is 0 Å². The van der Waals surface area contributed by atoms with Crippen molar-refractivity contribution in [2.45, 2.75) is 12.7 Å². The van der Waals surface area contributed by atoms with Gasteiger partial charge in [0.2, 0.25) is 0 Å². The van der Waals surface area contributed by atoms with E-state index in [9.17, 15) is 18.0 Å². The van der Waals surface area contributed by atoms with Crippen LogP contribution in [0.2, 0.25) is 10.0 Å². The van der Waals surface area contributed by atoms with Gasteiger partial charge in [0.25, 0.3) is 5.91 Å². The molecule has 0 aliphatic carbocycles. The van der Waals surface area contributed by atoms with Crippen molar-refractivity contribution in [1.82, 2.24) is 14.4 Å². The summed E-state index contributed by atoms with van der Waals surface area (Å²) in [5.41, 5.74) is -1.12. The predicted octanol–water partition coefficient (Wildman–Crippen LogP) is 6.79. The predicted molar refractivity (Wildman–Crippen MR) is 135 cm³/mol. The fourth-order valence-electron chi connectivity index (χ4n) is 3.38. The van der Waals surface area contributed by atoms with Gasteiger partial charge in [-0.3, -0.25) is 9.20 Å². The molecule has 0 bridgehead atoms. The SMILES string of the molecule is CN(Cc1c(C(F)(F)F)nc2c(NC(=O)c3c(Cl)cccc3Cl)cccn12)c1ccccn1.Cl.Cl. The number of benzene rings is 1. The van der Waals surface area contributed by atoms with Crippen LogP contribution in [0.1, 0.15) is 21.7 Å². The zero-order valence-electron chi connectivity index (χ0n) is 17.9. The van der Waals surface area contributed by atoms with E-state index in [-0.39, 0.29) is 64.0 Å². The van der Waals surface area contributed by atoms with Crippen LogP contribution >= 0.6 is 48.0 Å². The Labute approximate surface area is 220 Å². The highest BCUT2D eigenvalue weighted by molar-refractivity contribution is 6.40. The lowest BCUT2D eigenvalue weighted by molar-refractivity contribution is -0.141. The summed E-state index contributed by atoms with van der Waals surface area (Å²) in [5, 5.41) is 2.80. The number of hydrogen-bond acceptors (Lipinski definition) is 4. The van der Waals surface area contributed by atoms with Crippen molar-refractivity contribution in [2.75, 3.05) is 17.3 Å². The minimum Gasteiger partial charge on any atom is -0.354 e. The normalized spacial score (nSPS) is 10.9. The molecule has 3 aromatic heterocycles. The van der Waals surface area contributed by atoms with Crippen molar-refractivity contribution in [3.05, 3.63) is 87.9 Å². The van der Waals surface area contributed by atoms with Crippen LogP contribution in [0.5, 0.6) is 0 Å². The molecular formula is C22H18Cl4F3N5O. The number of carbonyl (C=O) groups is 1. The maximum atomic E-state index is 13.9. The Morgan fingerprint density at radius 3 is 2.34 bits per heavy atom. The van der Waals surface area contributed by atoms with E-state index in [1.54, 1.807) is 42.4 Å². The second kappa shape index (κ2) is 11.3. The Balaban J connectivity index is 0.00000216. The van der Waals surface area contributed by atoms with Gasteiger partial charge in [-0.2, -0.15) is 13.2 Å². The summed E-state index contributed by atoms with van der Waals surface area (Å²) >= 11 is 12.2. The van der Waals surface area contributed by atoms with E-state index in [2.05, 4.69) is 15.3 Å². The molecule has 0 aliphatic rings. The van der Waals surface area contributed by atoms with Gasteiger partial charge in [-0.25, -0.2) is 9.97 Å². The molecule has 4 rings (SSSR count). The highest BCUT2D eigenvalue weighted by Crippen LogP contribution is 2.35. The molecule has 13 heteroatoms. The zero-order chi connectivity index (χ0) is 23.8. The Morgan fingerprint density at radius 2 is 1.74 bits per heavy atom. The number of hydrogen-bond donors (Lipinski definition) is 1. The summed E-state index contributed by atoms with van der Waals surface area (Å²) in [6, 6.07) is 12.7. The molecule has 0 fully saturated rings. The number of halogens is 7. The first-order valence-electron chi connectivity index (χ1n) is 9.61. The van der Waals surface area contributed by atoms with Crippen LogP contribution in [0.4, 0.5) is 24.7 Å². The molecule has 0 spiro atoms. The van der Waals surface area contributed by atoms with Gasteiger partial charge in [-0.1, -0.05) is 35.3 Å². The fraction of sp³-hybridized carbons (Fsp3) is 0.136. The van der Waals surface area contributed by atoms with Crippen LogP contribution in [0, 0.1) is 0 Å². The number of anilines is 2. The highest BCUT2D eigenvalue weighted by atomic mass is 35.5. The maximum absolute atomic E-state index is 13.9. The van der Waals surface area contributed by atoms with Crippen LogP contribution in [-0.4, -0.2) is 27.3 Å². The molecule has 0 saturated heterocycles. The summed E-state index contributed by atoms with van der Waals surface area (Å²) in [6.45, 7) is -0.124. The molecule has 35 heavy (non-hydrogen) atoms. The quantitative estimate of drug-likeness (QED) is 0.289. The summed E-state index contributed by atoms with van der Waals surface area (Å²) in [6.07, 6.45) is -1.70. The van der Waals surface area contributed by atoms with E-state index in [1.165, 1.54) is 34.9 Å². The Bertz CT molecular complexity index is 1310. The van der Waals surface area contributed by atoms with Gasteiger partial charge < -0.3 is 10.2 Å². The monoisotopic (exact) mass is 565 g/mol. The van der Waals surface area contributed by atoms with Gasteiger partial charge in [-0.05, 0) is 36.4 Å². The average Bonchev–Trinajstić information content (AvgIpc) is 3.14. The van der Waals surface area contributed by atoms with E-state index in [1.807, 2.05) is 0 Å². The van der Waals surface area contributed by atoms with Gasteiger partial charge >= 0.3 is 6.18 Å². The minimum atomic E-state index is -4.71. The van der Waals surface area contributed by atoms with Gasteiger partial charge in [0.1, 0.15) is 5.82 Å². The Kier molecular flexibility index (Phi) is 9.24. The molecule has 1 aromatic carbocycles. The second-order valence-electron chi connectivity index (χ2n) is 7.12. The number of amides is 1. The van der Waals surface area contributed by atoms with Gasteiger partial charge in [-0.15, -0.1) is 24.8 Å². The molecule has 4 aromatic rings. The number of nitrogens with zero attached hydrogens (tertiary/aromatic N) is 4. The first kappa shape index (κ1) is 28.5. The molecule has 0 aliphatic heterocycles. The first-order chi connectivity index (χ1) is 15.7. The summed E-state index contributed by atoms with van der Waals surface area (Å²) in [4.78, 5) is 22.4. The summed E-state index contributed by atoms with van der Waals surface area (Å²) < 4.78 is 42.9. The molecule has 0 radical (unpaired) electrons. The van der Waals surface area contributed by atoms with Gasteiger partial charge in [0.15, 0.2) is 11.3 Å². The smallest absolute Gasteiger partial charge is 0.354 e. The highest BCUT2D eigenvalue weighted by Gasteiger charge is 2.38. The molecule has 0 unspecified atom stereocenters. The van der Waals surface area contributed by atoms with E-state index in [0.29, 0.717) is 5.82 Å². The van der Waals surface area contributed by atoms with E-state index >= 15 is 0 Å². The van der Waals surface area contributed by atoms with Gasteiger partial charge in [0.05, 0.1) is 33.5 Å². The summed E-state index contributed by atoms with van der Waals surface area (Å²) in [7, 11) is 1.63. The number of imidazole rings is 1. The number of alkyl halides is 3. The minimum absolute atomic E-state index is 0. The average molecular weight is 567 g/mol. The lowest BCUT2D eigenvalue weighted by atomic mass is 10.2. The third-order valence-corrected chi connectivity index (χ3v) is 5.51. The van der Waals surface area contributed by atoms with Crippen molar-refractivity contribution >= 4 is 71.1 Å². The van der Waals surface area contributed by atoms with Crippen LogP contribution in [0.25, 0.3) is 5.65 Å². The number of rotatable bonds is 5. The molecule has 1 N–H and O–H groups in total. The zero-order valence-corrected chi connectivity index (χ0v) is 21.0. The fourth-order valence-corrected chi connectivity index (χ4v) is 3.95. The lowest BCUT2D eigenvalue weighted by Crippen LogP contribution is -2.21. The molecule has 0 saturated carbocycles. The number of nitrogens with one attached hydrogen (secondary N) is 1. The van der Waals surface area contributed by atoms with Crippen LogP contribution in [0.15, 0.2) is 60.9 Å². The standard InChI is InChI=1S/C22H16Cl2F3N5O.2ClH/c1-31(17-9-2-3-10-28-17)12-16-19(22(25,26)27)30-20-15(8-5-11-32(16)20)29-21(33)18-13(23)6-4-7-14(18)24;;/h2-11H,12H2,1H3,(H,29,33);2*1H. The third-order valence-electron chi connectivity index (χ3n) is 4.88. The maximum Gasteiger partial charge on any atom is 0.435 e. The molecular weight excluding hydrogens is 549 g/mol. The number of fused-ring (bicyclic) bond motifs is 1. The molecule has 6 nitrogen and oxygen atoms in total. The van der Waals surface area contributed by atoms with Crippen LogP contribution < -0.4 is 10.2 Å². The van der Waals surface area contributed by atoms with Crippen LogP contribution in [-0.2, 0) is 12.7 Å². The van der Waals surface area contributed by atoms with Crippen molar-refractivity contribution in [3.8, 4) is 0 Å². The second-order valence-corrected chi connectivity index (χ2v) is 7.93. The van der Waals surface area contributed by atoms with Gasteiger partial charge in [0, 0.05) is 19.4 Å². The van der Waals surface area contributed by atoms with Crippen molar-refractivity contribution < 1.29 is 18.0 Å². The molecule has 186 valence electrons. The first-order valence-corrected chi connectivity index (χ1v) is 10.4. The summed E-state index contributed by atoms with van der Waals surface area (Å²) in [5.74, 6) is -0.166. The number of aromatic nitrogens is 3. The molecule has 3 heterocycles. The Morgan fingerprint density at radius 1 is 1.06 bits per heavy atom. The van der Waals surface area contributed by atoms with E-state index in [0.717, 1.165) is 0 Å². The number of pyridine rings is 2. The van der Waals surface area contributed by atoms with Crippen molar-refractivity contribution in [2.24, 2.45) is 0 Å². The van der Waals surface area contributed by atoms with E-state index < -0.39 is 17.8 Å². The van der Waals surface area contributed by atoms with Crippen molar-refractivity contribution in [3.63, 3.8) is 0 Å². The number of carbonyl (C=O) groups excluding carboxylic acids is 1. The third kappa shape index (κ3) is 5.92. The largest absolute Gasteiger partial charge is 0.435 e. The topological polar surface area (TPSA) is 62.5 Å². The molecule has 0 atom stereocenters. The molecule has 1 amide bonds.